The molecule has 0 amide bonds. The predicted molar refractivity (Wildman–Crippen MR) is 77.0 cm³/mol. The molecule has 1 aromatic rings. The van der Waals surface area contributed by atoms with E-state index in [0.29, 0.717) is 6.54 Å². The number of hydrogen-bond acceptors (Lipinski definition) is 3. The van der Waals surface area contributed by atoms with E-state index in [0.717, 1.165) is 30.4 Å². The summed E-state index contributed by atoms with van der Waals surface area (Å²) in [5.74, 6) is -0.671. The number of thiophene rings is 1. The fourth-order valence-corrected chi connectivity index (χ4v) is 4.11. The average Bonchev–Trinajstić information content (AvgIpc) is 2.57. The maximum absolute atomic E-state index is 11.3. The number of carboxylic acid groups (broad SMARTS) is 1. The third-order valence-corrected chi connectivity index (χ3v) is 5.70. The lowest BCUT2D eigenvalue weighted by Gasteiger charge is -2.37. The molecule has 0 saturated carbocycles. The number of rotatable bonds is 3. The van der Waals surface area contributed by atoms with E-state index in [-0.39, 0.29) is 0 Å². The van der Waals surface area contributed by atoms with Crippen LogP contribution in [-0.2, 0) is 11.3 Å². The van der Waals surface area contributed by atoms with Gasteiger partial charge in [-0.05, 0) is 55.2 Å². The van der Waals surface area contributed by atoms with Gasteiger partial charge in [-0.2, -0.15) is 0 Å². The van der Waals surface area contributed by atoms with Crippen molar-refractivity contribution >= 4 is 33.2 Å². The number of likely N-dealkylation sites (tertiary alicyclic amines) is 1. The minimum atomic E-state index is -0.671. The molecule has 0 aromatic carbocycles. The Hall–Kier alpha value is -0.390. The van der Waals surface area contributed by atoms with E-state index in [1.807, 2.05) is 6.92 Å². The van der Waals surface area contributed by atoms with Crippen LogP contribution in [0.1, 0.15) is 29.5 Å². The van der Waals surface area contributed by atoms with Crippen molar-refractivity contribution in [2.75, 3.05) is 13.1 Å². The number of hydrogen-bond donors (Lipinski definition) is 1. The number of aliphatic carboxylic acids is 1. The van der Waals surface area contributed by atoms with Crippen LogP contribution in [0.5, 0.6) is 0 Å². The third-order valence-electron chi connectivity index (χ3n) is 3.58. The van der Waals surface area contributed by atoms with Crippen molar-refractivity contribution in [3.8, 4) is 0 Å². The Bertz CT molecular complexity index is 440. The van der Waals surface area contributed by atoms with Gasteiger partial charge in [0.1, 0.15) is 0 Å². The topological polar surface area (TPSA) is 40.5 Å². The fraction of sp³-hybridized carbons (Fsp3) is 0.615. The lowest BCUT2D eigenvalue weighted by Crippen LogP contribution is -2.45. The molecule has 1 fully saturated rings. The molecule has 0 aliphatic carbocycles. The third kappa shape index (κ3) is 2.95. The molecule has 0 bridgehead atoms. The van der Waals surface area contributed by atoms with Crippen molar-refractivity contribution in [3.63, 3.8) is 0 Å². The highest BCUT2D eigenvalue weighted by Gasteiger charge is 2.37. The Balaban J connectivity index is 2.04. The number of halogens is 1. The zero-order valence-corrected chi connectivity index (χ0v) is 13.1. The van der Waals surface area contributed by atoms with Crippen LogP contribution >= 0.6 is 27.3 Å². The van der Waals surface area contributed by atoms with Crippen LogP contribution in [0.25, 0.3) is 0 Å². The summed E-state index contributed by atoms with van der Waals surface area (Å²) in [5, 5.41) is 9.30. The first kappa shape index (κ1) is 14.0. The zero-order valence-electron chi connectivity index (χ0n) is 10.7. The molecule has 2 heterocycles. The first-order valence-electron chi connectivity index (χ1n) is 6.11. The molecule has 1 atom stereocenters. The lowest BCUT2D eigenvalue weighted by molar-refractivity contribution is -0.151. The van der Waals surface area contributed by atoms with Gasteiger partial charge in [0.2, 0.25) is 0 Å². The standard InChI is InChI=1S/C13H18BrNO2S/c1-9-11(14)6-10(18-9)7-15-5-3-4-13(2,8-15)12(16)17/h6H,3-5,7-8H2,1-2H3,(H,16,17). The van der Waals surface area contributed by atoms with Crippen molar-refractivity contribution in [2.45, 2.75) is 33.2 Å². The largest absolute Gasteiger partial charge is 0.481 e. The summed E-state index contributed by atoms with van der Waals surface area (Å²) in [6.45, 7) is 6.46. The molecule has 1 aliphatic rings. The molecule has 1 aromatic heterocycles. The molecule has 0 spiro atoms. The van der Waals surface area contributed by atoms with Crippen LogP contribution in [0, 0.1) is 12.3 Å². The maximum atomic E-state index is 11.3. The molecule has 5 heteroatoms. The summed E-state index contributed by atoms with van der Waals surface area (Å²) in [6, 6.07) is 2.15. The first-order valence-corrected chi connectivity index (χ1v) is 7.72. The Morgan fingerprint density at radius 1 is 1.67 bits per heavy atom. The molecule has 3 nitrogen and oxygen atoms in total. The number of carboxylic acids is 1. The van der Waals surface area contributed by atoms with E-state index in [9.17, 15) is 9.90 Å². The fourth-order valence-electron chi connectivity index (χ4n) is 2.47. The SMILES string of the molecule is Cc1sc(CN2CCCC(C)(C(=O)O)C2)cc1Br. The number of carbonyl (C=O) groups is 1. The van der Waals surface area contributed by atoms with Gasteiger partial charge in [-0.3, -0.25) is 9.69 Å². The van der Waals surface area contributed by atoms with Crippen LogP contribution in [0.4, 0.5) is 0 Å². The Labute approximate surface area is 120 Å². The predicted octanol–water partition coefficient (Wildman–Crippen LogP) is 3.51. The van der Waals surface area contributed by atoms with Crippen molar-refractivity contribution in [2.24, 2.45) is 5.41 Å². The first-order chi connectivity index (χ1) is 8.40. The highest BCUT2D eigenvalue weighted by molar-refractivity contribution is 9.10. The van der Waals surface area contributed by atoms with Crippen LogP contribution in [0.2, 0.25) is 0 Å². The summed E-state index contributed by atoms with van der Waals surface area (Å²) < 4.78 is 1.15. The van der Waals surface area contributed by atoms with Crippen molar-refractivity contribution in [3.05, 3.63) is 20.3 Å². The second-order valence-corrected chi connectivity index (χ2v) is 7.49. The van der Waals surface area contributed by atoms with E-state index in [1.165, 1.54) is 9.75 Å². The number of nitrogens with zero attached hydrogens (tertiary/aromatic N) is 1. The van der Waals surface area contributed by atoms with Crippen molar-refractivity contribution in [1.82, 2.24) is 4.90 Å². The molecule has 0 radical (unpaired) electrons. The zero-order chi connectivity index (χ0) is 13.3. The van der Waals surface area contributed by atoms with Gasteiger partial charge < -0.3 is 5.11 Å². The molecular formula is C13H18BrNO2S. The summed E-state index contributed by atoms with van der Waals surface area (Å²) in [4.78, 5) is 16.1. The molecule has 18 heavy (non-hydrogen) atoms. The van der Waals surface area contributed by atoms with Crippen LogP contribution in [0.3, 0.4) is 0 Å². The molecule has 1 saturated heterocycles. The number of piperidine rings is 1. The van der Waals surface area contributed by atoms with Gasteiger partial charge in [-0.1, -0.05) is 0 Å². The van der Waals surface area contributed by atoms with Gasteiger partial charge in [-0.15, -0.1) is 11.3 Å². The molecule has 1 N–H and O–H groups in total. The van der Waals surface area contributed by atoms with Gasteiger partial charge in [0.05, 0.1) is 5.41 Å². The summed E-state index contributed by atoms with van der Waals surface area (Å²) >= 11 is 5.30. The minimum Gasteiger partial charge on any atom is -0.481 e. The maximum Gasteiger partial charge on any atom is 0.310 e. The monoisotopic (exact) mass is 331 g/mol. The van der Waals surface area contributed by atoms with E-state index in [4.69, 9.17) is 0 Å². The Morgan fingerprint density at radius 2 is 2.39 bits per heavy atom. The van der Waals surface area contributed by atoms with Gasteiger partial charge in [0.25, 0.3) is 0 Å². The molecule has 2 rings (SSSR count). The molecule has 1 aliphatic heterocycles. The second-order valence-electron chi connectivity index (χ2n) is 5.30. The van der Waals surface area contributed by atoms with Gasteiger partial charge >= 0.3 is 5.97 Å². The quantitative estimate of drug-likeness (QED) is 0.921. The lowest BCUT2D eigenvalue weighted by atomic mass is 9.82. The van der Waals surface area contributed by atoms with Crippen molar-refractivity contribution in [1.29, 1.82) is 0 Å². The van der Waals surface area contributed by atoms with E-state index < -0.39 is 11.4 Å². The Morgan fingerprint density at radius 3 is 2.94 bits per heavy atom. The second kappa shape index (κ2) is 5.31. The molecular weight excluding hydrogens is 314 g/mol. The number of aryl methyl sites for hydroxylation is 1. The van der Waals surface area contributed by atoms with Crippen LogP contribution < -0.4 is 0 Å². The highest BCUT2D eigenvalue weighted by Crippen LogP contribution is 2.32. The van der Waals surface area contributed by atoms with Gasteiger partial charge in [0, 0.05) is 27.3 Å². The Kier molecular flexibility index (Phi) is 4.14. The summed E-state index contributed by atoms with van der Waals surface area (Å²) in [6.07, 6.45) is 1.75. The van der Waals surface area contributed by atoms with E-state index in [2.05, 4.69) is 33.8 Å². The summed E-state index contributed by atoms with van der Waals surface area (Å²) in [7, 11) is 0. The van der Waals surface area contributed by atoms with Gasteiger partial charge in [-0.25, -0.2) is 0 Å². The van der Waals surface area contributed by atoms with Crippen molar-refractivity contribution < 1.29 is 9.90 Å². The van der Waals surface area contributed by atoms with Crippen LogP contribution in [0.15, 0.2) is 10.5 Å². The summed E-state index contributed by atoms with van der Waals surface area (Å²) in [5.41, 5.74) is -0.582. The normalized spacial score (nSPS) is 25.3. The van der Waals surface area contributed by atoms with E-state index >= 15 is 0 Å². The minimum absolute atomic E-state index is 0.582. The van der Waals surface area contributed by atoms with Crippen LogP contribution in [-0.4, -0.2) is 29.1 Å². The van der Waals surface area contributed by atoms with E-state index in [1.54, 1.807) is 11.3 Å². The molecule has 1 unspecified atom stereocenters. The average molecular weight is 332 g/mol. The van der Waals surface area contributed by atoms with Gasteiger partial charge in [0.15, 0.2) is 0 Å². The molecule has 100 valence electrons. The smallest absolute Gasteiger partial charge is 0.310 e. The highest BCUT2D eigenvalue weighted by atomic mass is 79.9.